The summed E-state index contributed by atoms with van der Waals surface area (Å²) < 4.78 is 29.1. The largest absolute Gasteiger partial charge is 0.350 e. The zero-order chi connectivity index (χ0) is 30.4. The van der Waals surface area contributed by atoms with Gasteiger partial charge in [0.1, 0.15) is 12.6 Å². The quantitative estimate of drug-likeness (QED) is 0.277. The summed E-state index contributed by atoms with van der Waals surface area (Å²) in [5, 5.41) is 2.99. The van der Waals surface area contributed by atoms with Crippen molar-refractivity contribution in [1.29, 1.82) is 0 Å². The van der Waals surface area contributed by atoms with Crippen molar-refractivity contribution in [3.63, 3.8) is 0 Å². The minimum atomic E-state index is -4.10. The SMILES string of the molecule is CCC(C(=O)NC(C)(C)C)N(Cc1ccc(C)cc1)C(=O)CN(c1ccc(C)cc1)S(=O)(=O)c1ccc(SC)cc1. The molecule has 0 saturated carbocycles. The van der Waals surface area contributed by atoms with E-state index in [1.165, 1.54) is 16.7 Å². The van der Waals surface area contributed by atoms with Gasteiger partial charge in [0.15, 0.2) is 0 Å². The van der Waals surface area contributed by atoms with E-state index in [2.05, 4.69) is 5.32 Å². The smallest absolute Gasteiger partial charge is 0.264 e. The van der Waals surface area contributed by atoms with Gasteiger partial charge in [-0.25, -0.2) is 8.42 Å². The first-order chi connectivity index (χ1) is 19.2. The lowest BCUT2D eigenvalue weighted by atomic mass is 10.1. The van der Waals surface area contributed by atoms with Gasteiger partial charge in [0.25, 0.3) is 10.0 Å². The number of sulfonamides is 1. The van der Waals surface area contributed by atoms with Crippen LogP contribution in [0.15, 0.2) is 82.6 Å². The van der Waals surface area contributed by atoms with Crippen LogP contribution in [-0.4, -0.2) is 49.5 Å². The highest BCUT2D eigenvalue weighted by molar-refractivity contribution is 7.98. The zero-order valence-corrected chi connectivity index (χ0v) is 26.6. The molecule has 0 radical (unpaired) electrons. The second-order valence-electron chi connectivity index (χ2n) is 11.2. The fourth-order valence-electron chi connectivity index (χ4n) is 4.38. The monoisotopic (exact) mass is 595 g/mol. The zero-order valence-electron chi connectivity index (χ0n) is 25.0. The van der Waals surface area contributed by atoms with Gasteiger partial charge in [0.05, 0.1) is 10.6 Å². The van der Waals surface area contributed by atoms with Gasteiger partial charge in [-0.3, -0.25) is 13.9 Å². The maximum atomic E-state index is 14.2. The highest BCUT2D eigenvalue weighted by atomic mass is 32.2. The molecule has 7 nitrogen and oxygen atoms in total. The van der Waals surface area contributed by atoms with Crippen molar-refractivity contribution in [2.75, 3.05) is 17.1 Å². The third-order valence-electron chi connectivity index (χ3n) is 6.61. The summed E-state index contributed by atoms with van der Waals surface area (Å²) >= 11 is 1.52. The maximum absolute atomic E-state index is 14.2. The molecule has 41 heavy (non-hydrogen) atoms. The summed E-state index contributed by atoms with van der Waals surface area (Å²) in [4.78, 5) is 30.1. The van der Waals surface area contributed by atoms with E-state index in [1.807, 2.05) is 84.2 Å². The molecule has 9 heteroatoms. The second kappa shape index (κ2) is 13.6. The van der Waals surface area contributed by atoms with E-state index in [4.69, 9.17) is 0 Å². The predicted molar refractivity (Wildman–Crippen MR) is 168 cm³/mol. The molecule has 0 heterocycles. The van der Waals surface area contributed by atoms with E-state index in [9.17, 15) is 18.0 Å². The molecular formula is C32H41N3O4S2. The van der Waals surface area contributed by atoms with Gasteiger partial charge in [-0.05, 0) is 89.3 Å². The Bertz CT molecular complexity index is 1430. The van der Waals surface area contributed by atoms with Crippen molar-refractivity contribution in [1.82, 2.24) is 10.2 Å². The molecule has 1 N–H and O–H groups in total. The Morgan fingerprint density at radius 2 is 1.41 bits per heavy atom. The number of carbonyl (C=O) groups is 2. The molecule has 0 saturated heterocycles. The summed E-state index contributed by atoms with van der Waals surface area (Å²) in [6.45, 7) is 11.1. The van der Waals surface area contributed by atoms with Gasteiger partial charge < -0.3 is 10.2 Å². The fraction of sp³-hybridized carbons (Fsp3) is 0.375. The Labute approximate surface area is 249 Å². The van der Waals surface area contributed by atoms with Crippen LogP contribution in [0.5, 0.6) is 0 Å². The first-order valence-corrected chi connectivity index (χ1v) is 16.3. The van der Waals surface area contributed by atoms with Crippen molar-refractivity contribution in [2.24, 2.45) is 0 Å². The van der Waals surface area contributed by atoms with Crippen molar-refractivity contribution in [3.05, 3.63) is 89.5 Å². The lowest BCUT2D eigenvalue weighted by molar-refractivity contribution is -0.141. The van der Waals surface area contributed by atoms with Gasteiger partial charge in [0.2, 0.25) is 11.8 Å². The van der Waals surface area contributed by atoms with Crippen LogP contribution in [0.25, 0.3) is 0 Å². The third kappa shape index (κ3) is 8.60. The van der Waals surface area contributed by atoms with Gasteiger partial charge >= 0.3 is 0 Å². The van der Waals surface area contributed by atoms with Crippen LogP contribution in [0.2, 0.25) is 0 Å². The Kier molecular flexibility index (Phi) is 10.7. The van der Waals surface area contributed by atoms with Crippen LogP contribution in [0.3, 0.4) is 0 Å². The molecule has 3 aromatic rings. The molecule has 0 spiro atoms. The molecule has 0 bridgehead atoms. The summed E-state index contributed by atoms with van der Waals surface area (Å²) in [5.41, 5.74) is 2.77. The molecule has 0 aromatic heterocycles. The Morgan fingerprint density at radius 1 is 0.878 bits per heavy atom. The van der Waals surface area contributed by atoms with E-state index in [0.29, 0.717) is 12.1 Å². The minimum absolute atomic E-state index is 0.0891. The first kappa shape index (κ1) is 32.2. The van der Waals surface area contributed by atoms with Gasteiger partial charge in [0, 0.05) is 17.0 Å². The van der Waals surface area contributed by atoms with E-state index < -0.39 is 34.1 Å². The molecule has 1 atom stereocenters. The normalized spacial score (nSPS) is 12.5. The summed E-state index contributed by atoms with van der Waals surface area (Å²) in [7, 11) is -4.10. The molecule has 0 aliphatic carbocycles. The number of carbonyl (C=O) groups excluding carboxylic acids is 2. The van der Waals surface area contributed by atoms with E-state index in [0.717, 1.165) is 25.9 Å². The molecule has 3 rings (SSSR count). The third-order valence-corrected chi connectivity index (χ3v) is 9.14. The summed E-state index contributed by atoms with van der Waals surface area (Å²) in [5.74, 6) is -0.746. The van der Waals surface area contributed by atoms with Crippen molar-refractivity contribution in [3.8, 4) is 0 Å². The molecular weight excluding hydrogens is 555 g/mol. The van der Waals surface area contributed by atoms with Crippen LogP contribution < -0.4 is 9.62 Å². The van der Waals surface area contributed by atoms with Crippen LogP contribution in [0, 0.1) is 13.8 Å². The number of hydrogen-bond donors (Lipinski definition) is 1. The number of hydrogen-bond acceptors (Lipinski definition) is 5. The molecule has 0 aliphatic heterocycles. The Morgan fingerprint density at radius 3 is 1.90 bits per heavy atom. The van der Waals surface area contributed by atoms with Crippen LogP contribution >= 0.6 is 11.8 Å². The van der Waals surface area contributed by atoms with Crippen molar-refractivity contribution >= 4 is 39.3 Å². The number of anilines is 1. The average Bonchev–Trinajstić information content (AvgIpc) is 2.92. The number of nitrogens with zero attached hydrogens (tertiary/aromatic N) is 2. The maximum Gasteiger partial charge on any atom is 0.264 e. The highest BCUT2D eigenvalue weighted by Gasteiger charge is 2.34. The number of nitrogens with one attached hydrogen (secondary N) is 1. The van der Waals surface area contributed by atoms with Crippen LogP contribution in [0.4, 0.5) is 5.69 Å². The molecule has 2 amide bonds. The number of aryl methyl sites for hydroxylation is 2. The lowest BCUT2D eigenvalue weighted by Crippen LogP contribution is -2.55. The Hall–Kier alpha value is -3.30. The van der Waals surface area contributed by atoms with Crippen LogP contribution in [0.1, 0.15) is 50.8 Å². The molecule has 0 aliphatic rings. The molecule has 1 unspecified atom stereocenters. The van der Waals surface area contributed by atoms with Crippen molar-refractivity contribution < 1.29 is 18.0 Å². The van der Waals surface area contributed by atoms with E-state index in [-0.39, 0.29) is 17.3 Å². The summed E-state index contributed by atoms with van der Waals surface area (Å²) in [6.07, 6.45) is 2.29. The summed E-state index contributed by atoms with van der Waals surface area (Å²) in [6, 6.07) is 20.6. The topological polar surface area (TPSA) is 86.8 Å². The van der Waals surface area contributed by atoms with Gasteiger partial charge in [-0.2, -0.15) is 0 Å². The standard InChI is InChI=1S/C32H41N3O4S2/c1-8-29(31(37)33-32(4,5)6)34(21-25-13-9-23(2)10-14-25)30(36)22-35(26-15-11-24(3)12-16-26)41(38,39)28-19-17-27(40-7)18-20-28/h9-20,29H,8,21-22H2,1-7H3,(H,33,37). The minimum Gasteiger partial charge on any atom is -0.350 e. The molecule has 220 valence electrons. The number of rotatable bonds is 11. The van der Waals surface area contributed by atoms with Crippen molar-refractivity contribution in [2.45, 2.75) is 75.9 Å². The second-order valence-corrected chi connectivity index (χ2v) is 13.9. The van der Waals surface area contributed by atoms with E-state index >= 15 is 0 Å². The number of amides is 2. The number of benzene rings is 3. The van der Waals surface area contributed by atoms with Gasteiger partial charge in [-0.1, -0.05) is 54.4 Å². The van der Waals surface area contributed by atoms with E-state index in [1.54, 1.807) is 36.4 Å². The van der Waals surface area contributed by atoms with Gasteiger partial charge in [-0.15, -0.1) is 11.8 Å². The first-order valence-electron chi connectivity index (χ1n) is 13.7. The number of thioether (sulfide) groups is 1. The Balaban J connectivity index is 2.06. The van der Waals surface area contributed by atoms with Crippen LogP contribution in [-0.2, 0) is 26.2 Å². The lowest BCUT2D eigenvalue weighted by Gasteiger charge is -2.34. The average molecular weight is 596 g/mol. The molecule has 0 fully saturated rings. The fourth-order valence-corrected chi connectivity index (χ4v) is 6.20. The molecule has 3 aromatic carbocycles. The predicted octanol–water partition coefficient (Wildman–Crippen LogP) is 5.94. The highest BCUT2D eigenvalue weighted by Crippen LogP contribution is 2.27.